The van der Waals surface area contributed by atoms with Crippen LogP contribution < -0.4 is 0 Å². The van der Waals surface area contributed by atoms with Crippen LogP contribution in [-0.2, 0) is 4.74 Å². The highest BCUT2D eigenvalue weighted by Gasteiger charge is 2.24. The zero-order chi connectivity index (χ0) is 15.1. The maximum atomic E-state index is 11.7. The topological polar surface area (TPSA) is 26.3 Å². The van der Waals surface area contributed by atoms with E-state index in [1.807, 2.05) is 20.8 Å². The molecule has 1 fully saturated rings. The van der Waals surface area contributed by atoms with Crippen LogP contribution in [0.5, 0.6) is 0 Å². The zero-order valence-corrected chi connectivity index (χ0v) is 14.3. The van der Waals surface area contributed by atoms with Gasteiger partial charge in [-0.15, -0.1) is 11.3 Å². The number of aryl methyl sites for hydroxylation is 1. The minimum atomic E-state index is -0.166. The molecule has 1 heterocycles. The zero-order valence-electron chi connectivity index (χ0n) is 13.5. The second-order valence-electron chi connectivity index (χ2n) is 5.30. The second-order valence-corrected chi connectivity index (χ2v) is 6.56. The van der Waals surface area contributed by atoms with Gasteiger partial charge in [-0.2, -0.15) is 0 Å². The van der Waals surface area contributed by atoms with E-state index in [1.54, 1.807) is 11.3 Å². The van der Waals surface area contributed by atoms with Gasteiger partial charge in [0.2, 0.25) is 0 Å². The summed E-state index contributed by atoms with van der Waals surface area (Å²) in [7, 11) is 0. The monoisotopic (exact) mass is 296 g/mol. The minimum absolute atomic E-state index is 0.166. The van der Waals surface area contributed by atoms with Gasteiger partial charge in [0.25, 0.3) is 0 Å². The van der Waals surface area contributed by atoms with E-state index in [1.165, 1.54) is 36.1 Å². The molecule has 0 unspecified atom stereocenters. The van der Waals surface area contributed by atoms with Gasteiger partial charge in [-0.1, -0.05) is 33.6 Å². The van der Waals surface area contributed by atoms with Crippen molar-refractivity contribution in [3.05, 3.63) is 21.4 Å². The molecule has 0 atom stereocenters. The van der Waals surface area contributed by atoms with Gasteiger partial charge in [0.05, 0.1) is 6.61 Å². The number of carbonyl (C=O) groups is 1. The van der Waals surface area contributed by atoms with Crippen molar-refractivity contribution >= 4 is 17.3 Å². The Bertz CT molecular complexity index is 415. The number of thiophene rings is 1. The number of rotatable bonds is 3. The van der Waals surface area contributed by atoms with Gasteiger partial charge in [0.15, 0.2) is 0 Å². The summed E-state index contributed by atoms with van der Waals surface area (Å²) in [5.41, 5.74) is 1.38. The summed E-state index contributed by atoms with van der Waals surface area (Å²) < 4.78 is 5.07. The van der Waals surface area contributed by atoms with Crippen LogP contribution >= 0.6 is 11.3 Å². The number of ether oxygens (including phenoxy) is 1. The summed E-state index contributed by atoms with van der Waals surface area (Å²) >= 11 is 1.58. The number of hydrogen-bond acceptors (Lipinski definition) is 3. The SMILES string of the molecule is CC.CCOC(=O)c1cc(C2CCC(C)CC2)c(C)s1. The van der Waals surface area contributed by atoms with E-state index in [9.17, 15) is 4.79 Å². The molecule has 1 saturated carbocycles. The molecule has 3 heteroatoms. The lowest BCUT2D eigenvalue weighted by Gasteiger charge is -2.26. The molecule has 0 spiro atoms. The van der Waals surface area contributed by atoms with Crippen LogP contribution in [0.2, 0.25) is 0 Å². The molecule has 1 aromatic heterocycles. The predicted octanol–water partition coefficient (Wildman–Crippen LogP) is 5.55. The lowest BCUT2D eigenvalue weighted by atomic mass is 9.79. The lowest BCUT2D eigenvalue weighted by Crippen LogP contribution is -2.11. The minimum Gasteiger partial charge on any atom is -0.462 e. The van der Waals surface area contributed by atoms with Crippen molar-refractivity contribution in [2.45, 2.75) is 66.2 Å². The Morgan fingerprint density at radius 1 is 1.30 bits per heavy atom. The van der Waals surface area contributed by atoms with E-state index < -0.39 is 0 Å². The molecule has 1 aliphatic carbocycles. The molecule has 1 aromatic rings. The van der Waals surface area contributed by atoms with Gasteiger partial charge < -0.3 is 4.74 Å². The molecule has 0 bridgehead atoms. The molecule has 114 valence electrons. The summed E-state index contributed by atoms with van der Waals surface area (Å²) in [5, 5.41) is 0. The van der Waals surface area contributed by atoms with Gasteiger partial charge >= 0.3 is 5.97 Å². The average molecular weight is 296 g/mol. The normalized spacial score (nSPS) is 21.9. The molecule has 0 aliphatic heterocycles. The van der Waals surface area contributed by atoms with Crippen LogP contribution in [0.1, 0.15) is 79.4 Å². The van der Waals surface area contributed by atoms with Crippen molar-refractivity contribution in [3.8, 4) is 0 Å². The molecule has 0 saturated heterocycles. The molecule has 2 rings (SSSR count). The molecule has 0 amide bonds. The number of hydrogen-bond donors (Lipinski definition) is 0. The molecule has 20 heavy (non-hydrogen) atoms. The number of esters is 1. The third-order valence-electron chi connectivity index (χ3n) is 3.89. The van der Waals surface area contributed by atoms with Crippen LogP contribution in [0, 0.1) is 12.8 Å². The van der Waals surface area contributed by atoms with Crippen molar-refractivity contribution in [3.63, 3.8) is 0 Å². The fourth-order valence-corrected chi connectivity index (χ4v) is 3.78. The summed E-state index contributed by atoms with van der Waals surface area (Å²) in [5.74, 6) is 1.35. The van der Waals surface area contributed by atoms with Crippen LogP contribution in [0.25, 0.3) is 0 Å². The second kappa shape index (κ2) is 8.46. The smallest absolute Gasteiger partial charge is 0.348 e. The lowest BCUT2D eigenvalue weighted by molar-refractivity contribution is 0.0532. The third kappa shape index (κ3) is 4.34. The summed E-state index contributed by atoms with van der Waals surface area (Å²) in [6, 6.07) is 2.07. The first-order chi connectivity index (χ1) is 9.61. The Balaban J connectivity index is 0.000000956. The Morgan fingerprint density at radius 3 is 2.45 bits per heavy atom. The Morgan fingerprint density at radius 2 is 1.90 bits per heavy atom. The van der Waals surface area contributed by atoms with Crippen molar-refractivity contribution in [2.75, 3.05) is 6.61 Å². The van der Waals surface area contributed by atoms with Gasteiger partial charge in [-0.25, -0.2) is 4.79 Å². The molecule has 1 aliphatic rings. The van der Waals surface area contributed by atoms with E-state index in [4.69, 9.17) is 4.74 Å². The summed E-state index contributed by atoms with van der Waals surface area (Å²) in [6.45, 7) is 10.8. The van der Waals surface area contributed by atoms with Crippen molar-refractivity contribution < 1.29 is 9.53 Å². The predicted molar refractivity (Wildman–Crippen MR) is 86.7 cm³/mol. The van der Waals surface area contributed by atoms with Crippen molar-refractivity contribution in [2.24, 2.45) is 5.92 Å². The van der Waals surface area contributed by atoms with Gasteiger partial charge in [-0.05, 0) is 50.2 Å². The largest absolute Gasteiger partial charge is 0.462 e. The molecule has 0 aromatic carbocycles. The molecular formula is C17H28O2S. The fourth-order valence-electron chi connectivity index (χ4n) is 2.78. The van der Waals surface area contributed by atoms with Gasteiger partial charge in [0.1, 0.15) is 4.88 Å². The van der Waals surface area contributed by atoms with Crippen molar-refractivity contribution in [1.29, 1.82) is 0 Å². The van der Waals surface area contributed by atoms with Crippen LogP contribution in [0.4, 0.5) is 0 Å². The van der Waals surface area contributed by atoms with Gasteiger partial charge in [0, 0.05) is 4.88 Å². The van der Waals surface area contributed by atoms with Crippen LogP contribution in [0.15, 0.2) is 6.07 Å². The van der Waals surface area contributed by atoms with Crippen molar-refractivity contribution in [1.82, 2.24) is 0 Å². The Hall–Kier alpha value is -0.830. The van der Waals surface area contributed by atoms with E-state index in [0.717, 1.165) is 10.8 Å². The maximum absolute atomic E-state index is 11.7. The highest BCUT2D eigenvalue weighted by atomic mass is 32.1. The first-order valence-corrected chi connectivity index (χ1v) is 8.71. The van der Waals surface area contributed by atoms with E-state index in [-0.39, 0.29) is 5.97 Å². The quantitative estimate of drug-likeness (QED) is 0.683. The standard InChI is InChI=1S/C15H22O2S.C2H6/c1-4-17-15(16)14-9-13(11(3)18-14)12-7-5-10(2)6-8-12;1-2/h9-10,12H,4-8H2,1-3H3;1-2H3. The highest BCUT2D eigenvalue weighted by molar-refractivity contribution is 7.14. The number of carbonyl (C=O) groups excluding carboxylic acids is 1. The van der Waals surface area contributed by atoms with E-state index >= 15 is 0 Å². The molecule has 0 radical (unpaired) electrons. The summed E-state index contributed by atoms with van der Waals surface area (Å²) in [6.07, 6.45) is 5.16. The first-order valence-electron chi connectivity index (χ1n) is 7.89. The average Bonchev–Trinajstić information content (AvgIpc) is 2.84. The van der Waals surface area contributed by atoms with Gasteiger partial charge in [-0.3, -0.25) is 0 Å². The molecule has 0 N–H and O–H groups in total. The Kier molecular flexibility index (Phi) is 7.28. The maximum Gasteiger partial charge on any atom is 0.348 e. The van der Waals surface area contributed by atoms with Crippen LogP contribution in [0.3, 0.4) is 0 Å². The molecule has 2 nitrogen and oxygen atoms in total. The Labute approximate surface area is 127 Å². The van der Waals surface area contributed by atoms with Crippen LogP contribution in [-0.4, -0.2) is 12.6 Å². The van der Waals surface area contributed by atoms with E-state index in [0.29, 0.717) is 12.5 Å². The third-order valence-corrected chi connectivity index (χ3v) is 4.93. The first kappa shape index (κ1) is 17.2. The van der Waals surface area contributed by atoms with E-state index in [2.05, 4.69) is 19.9 Å². The fraction of sp³-hybridized carbons (Fsp3) is 0.706. The molecular weight excluding hydrogens is 268 g/mol. The summed E-state index contributed by atoms with van der Waals surface area (Å²) in [4.78, 5) is 13.8. The highest BCUT2D eigenvalue weighted by Crippen LogP contribution is 2.39.